The topological polar surface area (TPSA) is 63.4 Å². The maximum absolute atomic E-state index is 13.1. The molecule has 1 unspecified atom stereocenters. The van der Waals surface area contributed by atoms with Gasteiger partial charge in [-0.3, -0.25) is 10.1 Å². The Labute approximate surface area is 96.6 Å². The molecule has 0 radical (unpaired) electrons. The van der Waals surface area contributed by atoms with Crippen LogP contribution >= 0.6 is 11.6 Å². The fourth-order valence-electron chi connectivity index (χ4n) is 1.07. The quantitative estimate of drug-likeness (QED) is 0.512. The maximum Gasteiger partial charge on any atom is 0.418 e. The molecule has 0 saturated carbocycles. The second-order valence-electron chi connectivity index (χ2n) is 3.04. The summed E-state index contributed by atoms with van der Waals surface area (Å²) in [4.78, 5) is 9.11. The van der Waals surface area contributed by atoms with Gasteiger partial charge in [-0.2, -0.15) is 17.6 Å². The molecule has 0 fully saturated rings. The molecule has 0 aliphatic carbocycles. The molecule has 0 bridgehead atoms. The van der Waals surface area contributed by atoms with E-state index in [2.05, 4.69) is 0 Å². The molecule has 1 aromatic carbocycles. The van der Waals surface area contributed by atoms with Crippen LogP contribution in [0.4, 0.5) is 23.2 Å². The third-order valence-electron chi connectivity index (χ3n) is 1.85. The largest absolute Gasteiger partial charge is 0.418 e. The van der Waals surface area contributed by atoms with Crippen LogP contribution in [0.5, 0.6) is 0 Å². The molecule has 4 nitrogen and oxygen atoms in total. The van der Waals surface area contributed by atoms with Gasteiger partial charge in [-0.1, -0.05) is 11.6 Å². The van der Waals surface area contributed by atoms with Gasteiger partial charge in [0.1, 0.15) is 0 Å². The number of aliphatic hydroxyl groups is 1. The van der Waals surface area contributed by atoms with E-state index in [4.69, 9.17) is 16.7 Å². The molecule has 0 aromatic heterocycles. The van der Waals surface area contributed by atoms with Crippen LogP contribution in [0.2, 0.25) is 5.02 Å². The Bertz CT molecular complexity index is 463. The molecule has 0 spiro atoms. The van der Waals surface area contributed by atoms with Gasteiger partial charge in [0, 0.05) is 6.07 Å². The molecule has 0 amide bonds. The van der Waals surface area contributed by atoms with Gasteiger partial charge in [-0.25, -0.2) is 0 Å². The highest BCUT2D eigenvalue weighted by Crippen LogP contribution is 2.36. The number of hydrogen-bond donors (Lipinski definition) is 1. The van der Waals surface area contributed by atoms with Gasteiger partial charge in [-0.05, 0) is 11.6 Å². The van der Waals surface area contributed by atoms with Crippen molar-refractivity contribution in [1.82, 2.24) is 0 Å². The van der Waals surface area contributed by atoms with Crippen LogP contribution in [0.3, 0.4) is 0 Å². The van der Waals surface area contributed by atoms with Crippen LogP contribution in [0.25, 0.3) is 0 Å². The van der Waals surface area contributed by atoms with Gasteiger partial charge >= 0.3 is 11.9 Å². The van der Waals surface area contributed by atoms with Crippen molar-refractivity contribution in [3.63, 3.8) is 0 Å². The van der Waals surface area contributed by atoms with E-state index in [0.29, 0.717) is 12.1 Å². The lowest BCUT2D eigenvalue weighted by Crippen LogP contribution is -2.20. The van der Waals surface area contributed by atoms with Crippen LogP contribution in [0, 0.1) is 15.9 Å². The van der Waals surface area contributed by atoms with Crippen molar-refractivity contribution < 1.29 is 27.6 Å². The number of rotatable bonds is 2. The lowest BCUT2D eigenvalue weighted by molar-refractivity contribution is -0.387. The molecule has 9 heteroatoms. The number of nitro benzene ring substituents is 1. The molecule has 17 heavy (non-hydrogen) atoms. The van der Waals surface area contributed by atoms with Gasteiger partial charge in [0.05, 0.1) is 9.95 Å². The first-order valence-electron chi connectivity index (χ1n) is 4.02. The van der Waals surface area contributed by atoms with Crippen LogP contribution in [-0.2, 0) is 0 Å². The molecule has 0 aliphatic heterocycles. The van der Waals surface area contributed by atoms with Crippen molar-refractivity contribution in [3.05, 3.63) is 38.7 Å². The molecule has 0 aliphatic rings. The molecular weight excluding hydrogens is 270 g/mol. The fraction of sp³-hybridized carbons (Fsp3) is 0.250. The number of nitro groups is 1. The van der Waals surface area contributed by atoms with Gasteiger partial charge in [-0.15, -0.1) is 0 Å². The number of nitrogens with zero attached hydrogens (tertiary/aromatic N) is 1. The number of aliphatic hydroxyl groups excluding tert-OH is 1. The zero-order chi connectivity index (χ0) is 13.4. The summed E-state index contributed by atoms with van der Waals surface area (Å²) < 4.78 is 49.5. The number of hydrogen-bond acceptors (Lipinski definition) is 3. The summed E-state index contributed by atoms with van der Waals surface area (Å²) in [5.41, 5.74) is -2.12. The molecule has 0 saturated heterocycles. The predicted molar refractivity (Wildman–Crippen MR) is 49.1 cm³/mol. The smallest absolute Gasteiger partial charge is 0.379 e. The second kappa shape index (κ2) is 4.46. The summed E-state index contributed by atoms with van der Waals surface area (Å²) in [6.45, 7) is 0. The standard InChI is InChI=1S/C8H4ClF4NO3/c9-4-1-3(7(15)8(11,12)13)2-5(6(4)10)14(16)17/h1-2,7,15H. The third kappa shape index (κ3) is 2.83. The number of halogens is 5. The van der Waals surface area contributed by atoms with Crippen LogP contribution in [0.1, 0.15) is 11.7 Å². The minimum Gasteiger partial charge on any atom is -0.379 e. The average Bonchev–Trinajstić information content (AvgIpc) is 2.19. The van der Waals surface area contributed by atoms with Gasteiger partial charge in [0.25, 0.3) is 0 Å². The Balaban J connectivity index is 3.34. The molecule has 1 atom stereocenters. The maximum atomic E-state index is 13.1. The number of alkyl halides is 3. The van der Waals surface area contributed by atoms with Crippen LogP contribution < -0.4 is 0 Å². The van der Waals surface area contributed by atoms with E-state index >= 15 is 0 Å². The highest BCUT2D eigenvalue weighted by Gasteiger charge is 2.40. The first kappa shape index (κ1) is 13.7. The third-order valence-corrected chi connectivity index (χ3v) is 2.13. The van der Waals surface area contributed by atoms with Crippen molar-refractivity contribution in [1.29, 1.82) is 0 Å². The highest BCUT2D eigenvalue weighted by atomic mass is 35.5. The normalized spacial score (nSPS) is 13.5. The Morgan fingerprint density at radius 1 is 1.41 bits per heavy atom. The summed E-state index contributed by atoms with van der Waals surface area (Å²) >= 11 is 5.20. The van der Waals surface area contributed by atoms with E-state index < -0.39 is 39.3 Å². The Kier molecular flexibility index (Phi) is 3.58. The molecule has 0 heterocycles. The Morgan fingerprint density at radius 2 is 1.94 bits per heavy atom. The van der Waals surface area contributed by atoms with Crippen molar-refractivity contribution in [2.75, 3.05) is 0 Å². The van der Waals surface area contributed by atoms with Crippen molar-refractivity contribution in [2.45, 2.75) is 12.3 Å². The zero-order valence-corrected chi connectivity index (χ0v) is 8.59. The molecule has 94 valence electrons. The zero-order valence-electron chi connectivity index (χ0n) is 7.83. The van der Waals surface area contributed by atoms with E-state index in [9.17, 15) is 27.7 Å². The summed E-state index contributed by atoms with van der Waals surface area (Å²) in [6.07, 6.45) is -7.98. The monoisotopic (exact) mass is 273 g/mol. The minimum atomic E-state index is -5.02. The molecule has 1 N–H and O–H groups in total. The molecular formula is C8H4ClF4NO3. The Hall–Kier alpha value is -1.41. The van der Waals surface area contributed by atoms with Crippen molar-refractivity contribution >= 4 is 17.3 Å². The van der Waals surface area contributed by atoms with E-state index in [1.807, 2.05) is 0 Å². The highest BCUT2D eigenvalue weighted by molar-refractivity contribution is 6.31. The van der Waals surface area contributed by atoms with Gasteiger partial charge in [0.15, 0.2) is 6.10 Å². The van der Waals surface area contributed by atoms with E-state index in [1.165, 1.54) is 0 Å². The minimum absolute atomic E-state index is 0.291. The van der Waals surface area contributed by atoms with Crippen molar-refractivity contribution in [3.8, 4) is 0 Å². The average molecular weight is 274 g/mol. The van der Waals surface area contributed by atoms with E-state index in [0.717, 1.165) is 0 Å². The summed E-state index contributed by atoms with van der Waals surface area (Å²) in [6, 6.07) is 0.779. The van der Waals surface area contributed by atoms with Crippen LogP contribution in [-0.4, -0.2) is 16.2 Å². The Morgan fingerprint density at radius 3 is 2.35 bits per heavy atom. The summed E-state index contributed by atoms with van der Waals surface area (Å²) in [5.74, 6) is -1.45. The van der Waals surface area contributed by atoms with E-state index in [1.54, 1.807) is 0 Å². The second-order valence-corrected chi connectivity index (χ2v) is 3.44. The number of benzene rings is 1. The van der Waals surface area contributed by atoms with Gasteiger partial charge in [0.2, 0.25) is 5.82 Å². The van der Waals surface area contributed by atoms with Crippen molar-refractivity contribution in [2.24, 2.45) is 0 Å². The van der Waals surface area contributed by atoms with E-state index in [-0.39, 0.29) is 0 Å². The summed E-state index contributed by atoms with van der Waals surface area (Å²) in [7, 11) is 0. The lowest BCUT2D eigenvalue weighted by atomic mass is 10.1. The first-order valence-corrected chi connectivity index (χ1v) is 4.40. The van der Waals surface area contributed by atoms with Gasteiger partial charge < -0.3 is 5.11 Å². The first-order chi connectivity index (χ1) is 7.64. The fourth-order valence-corrected chi connectivity index (χ4v) is 1.30. The van der Waals surface area contributed by atoms with Crippen LogP contribution in [0.15, 0.2) is 12.1 Å². The lowest BCUT2D eigenvalue weighted by Gasteiger charge is -2.14. The summed E-state index contributed by atoms with van der Waals surface area (Å²) in [5, 5.41) is 18.3. The molecule has 1 aromatic rings. The SMILES string of the molecule is O=[N+]([O-])c1cc(C(O)C(F)(F)F)cc(Cl)c1F. The predicted octanol–water partition coefficient (Wildman–Crippen LogP) is 2.98. The molecule has 1 rings (SSSR count).